The summed E-state index contributed by atoms with van der Waals surface area (Å²) in [5.74, 6) is 2.67. The van der Waals surface area contributed by atoms with E-state index in [2.05, 4.69) is 32.8 Å². The standard InChI is InChI=1S/C19H26N4OS/c1-13(2)17-19-20-18(15-8-6-5-7-9-15)21-23(19)11-10-22(17)16(24)12-25-14(3)4/h5-9,13-14,17H,10-12H2,1-4H3/t17-/m0/s1. The van der Waals surface area contributed by atoms with Crippen LogP contribution in [0.25, 0.3) is 11.4 Å². The van der Waals surface area contributed by atoms with Gasteiger partial charge in [0.1, 0.15) is 0 Å². The Kier molecular flexibility index (Phi) is 5.47. The SMILES string of the molecule is CC(C)SCC(=O)N1CCn2nc(-c3ccccc3)nc2[C@@H]1C(C)C. The number of fused-ring (bicyclic) bond motifs is 1. The lowest BCUT2D eigenvalue weighted by Crippen LogP contribution is -2.45. The maximum atomic E-state index is 12.8. The number of hydrogen-bond donors (Lipinski definition) is 0. The zero-order chi connectivity index (χ0) is 18.0. The van der Waals surface area contributed by atoms with E-state index in [1.807, 2.05) is 39.9 Å². The molecule has 1 atom stereocenters. The van der Waals surface area contributed by atoms with Crippen LogP contribution in [0.1, 0.15) is 39.6 Å². The highest BCUT2D eigenvalue weighted by Gasteiger charge is 2.35. The fraction of sp³-hybridized carbons (Fsp3) is 0.526. The molecule has 0 spiro atoms. The van der Waals surface area contributed by atoms with Gasteiger partial charge in [-0.1, -0.05) is 58.0 Å². The molecule has 2 aromatic rings. The van der Waals surface area contributed by atoms with Gasteiger partial charge >= 0.3 is 0 Å². The van der Waals surface area contributed by atoms with Crippen molar-refractivity contribution >= 4 is 17.7 Å². The van der Waals surface area contributed by atoms with Crippen LogP contribution in [0.3, 0.4) is 0 Å². The molecule has 0 saturated carbocycles. The molecule has 3 rings (SSSR count). The molecular weight excluding hydrogens is 332 g/mol. The van der Waals surface area contributed by atoms with Crippen LogP contribution in [0.15, 0.2) is 30.3 Å². The fourth-order valence-electron chi connectivity index (χ4n) is 3.19. The number of hydrogen-bond acceptors (Lipinski definition) is 4. The van der Waals surface area contributed by atoms with Crippen molar-refractivity contribution < 1.29 is 4.79 Å². The number of carbonyl (C=O) groups is 1. The predicted octanol–water partition coefficient (Wildman–Crippen LogP) is 3.63. The van der Waals surface area contributed by atoms with Gasteiger partial charge in [0, 0.05) is 12.1 Å². The summed E-state index contributed by atoms with van der Waals surface area (Å²) in [7, 11) is 0. The second kappa shape index (κ2) is 7.60. The molecule has 0 fully saturated rings. The molecule has 25 heavy (non-hydrogen) atoms. The monoisotopic (exact) mass is 358 g/mol. The van der Waals surface area contributed by atoms with Crippen molar-refractivity contribution in [2.75, 3.05) is 12.3 Å². The molecular formula is C19H26N4OS. The van der Waals surface area contributed by atoms with E-state index in [-0.39, 0.29) is 11.9 Å². The van der Waals surface area contributed by atoms with Gasteiger partial charge in [-0.25, -0.2) is 9.67 Å². The summed E-state index contributed by atoms with van der Waals surface area (Å²) >= 11 is 1.70. The van der Waals surface area contributed by atoms with Gasteiger partial charge in [-0.2, -0.15) is 5.10 Å². The van der Waals surface area contributed by atoms with Crippen molar-refractivity contribution in [3.8, 4) is 11.4 Å². The largest absolute Gasteiger partial charge is 0.330 e. The van der Waals surface area contributed by atoms with Crippen LogP contribution < -0.4 is 0 Å². The molecule has 0 aliphatic carbocycles. The molecule has 1 aliphatic rings. The summed E-state index contributed by atoms with van der Waals surface area (Å²) in [5.41, 5.74) is 1.01. The Morgan fingerprint density at radius 3 is 2.56 bits per heavy atom. The van der Waals surface area contributed by atoms with Crippen molar-refractivity contribution in [2.24, 2.45) is 5.92 Å². The van der Waals surface area contributed by atoms with E-state index in [4.69, 9.17) is 4.98 Å². The van der Waals surface area contributed by atoms with Crippen LogP contribution in [-0.4, -0.2) is 43.1 Å². The number of rotatable bonds is 5. The fourth-order valence-corrected chi connectivity index (χ4v) is 3.83. The van der Waals surface area contributed by atoms with Crippen LogP contribution in [0.5, 0.6) is 0 Å². The van der Waals surface area contributed by atoms with E-state index < -0.39 is 0 Å². The van der Waals surface area contributed by atoms with Crippen molar-refractivity contribution in [3.63, 3.8) is 0 Å². The number of benzene rings is 1. The lowest BCUT2D eigenvalue weighted by molar-refractivity contribution is -0.133. The molecule has 1 amide bonds. The van der Waals surface area contributed by atoms with Gasteiger partial charge in [-0.05, 0) is 11.2 Å². The number of carbonyl (C=O) groups excluding carboxylic acids is 1. The third-order valence-corrected chi connectivity index (χ3v) is 5.46. The van der Waals surface area contributed by atoms with E-state index in [0.29, 0.717) is 30.0 Å². The van der Waals surface area contributed by atoms with Crippen LogP contribution in [-0.2, 0) is 11.3 Å². The van der Waals surface area contributed by atoms with Crippen molar-refractivity contribution in [1.29, 1.82) is 0 Å². The first-order valence-corrected chi connectivity index (χ1v) is 9.93. The Labute approximate surface area is 153 Å². The van der Waals surface area contributed by atoms with Gasteiger partial charge in [0.05, 0.1) is 18.3 Å². The smallest absolute Gasteiger partial charge is 0.233 e. The number of amides is 1. The van der Waals surface area contributed by atoms with E-state index in [1.54, 1.807) is 11.8 Å². The van der Waals surface area contributed by atoms with Crippen molar-refractivity contribution in [2.45, 2.75) is 45.5 Å². The summed E-state index contributed by atoms with van der Waals surface area (Å²) in [6, 6.07) is 10.0. The third-order valence-electron chi connectivity index (χ3n) is 4.38. The summed E-state index contributed by atoms with van der Waals surface area (Å²) in [6.45, 7) is 9.94. The molecule has 0 bridgehead atoms. The zero-order valence-electron chi connectivity index (χ0n) is 15.3. The highest BCUT2D eigenvalue weighted by Crippen LogP contribution is 2.32. The second-order valence-corrected chi connectivity index (χ2v) is 8.58. The number of aromatic nitrogens is 3. The molecule has 6 heteroatoms. The van der Waals surface area contributed by atoms with Gasteiger partial charge < -0.3 is 4.90 Å². The Bertz CT molecular complexity index is 726. The van der Waals surface area contributed by atoms with E-state index in [9.17, 15) is 4.79 Å². The van der Waals surface area contributed by atoms with Crippen molar-refractivity contribution in [1.82, 2.24) is 19.7 Å². The highest BCUT2D eigenvalue weighted by molar-refractivity contribution is 8.00. The summed E-state index contributed by atoms with van der Waals surface area (Å²) in [5, 5.41) is 5.14. The molecule has 134 valence electrons. The van der Waals surface area contributed by atoms with Gasteiger partial charge in [0.25, 0.3) is 0 Å². The predicted molar refractivity (Wildman–Crippen MR) is 102 cm³/mol. The number of thioether (sulfide) groups is 1. The van der Waals surface area contributed by atoms with Gasteiger partial charge in [-0.3, -0.25) is 4.79 Å². The van der Waals surface area contributed by atoms with E-state index in [0.717, 1.165) is 17.2 Å². The van der Waals surface area contributed by atoms with Crippen LogP contribution in [0.2, 0.25) is 0 Å². The Morgan fingerprint density at radius 1 is 1.20 bits per heavy atom. The Balaban J connectivity index is 1.88. The van der Waals surface area contributed by atoms with Crippen molar-refractivity contribution in [3.05, 3.63) is 36.2 Å². The maximum absolute atomic E-state index is 12.8. The van der Waals surface area contributed by atoms with Gasteiger partial charge in [-0.15, -0.1) is 11.8 Å². The Morgan fingerprint density at radius 2 is 1.92 bits per heavy atom. The molecule has 0 radical (unpaired) electrons. The number of nitrogens with zero attached hydrogens (tertiary/aromatic N) is 4. The molecule has 1 aromatic heterocycles. The topological polar surface area (TPSA) is 51.0 Å². The first kappa shape index (κ1) is 18.0. The minimum atomic E-state index is -0.0148. The highest BCUT2D eigenvalue weighted by atomic mass is 32.2. The first-order valence-electron chi connectivity index (χ1n) is 8.88. The molecule has 1 aliphatic heterocycles. The molecule has 0 N–H and O–H groups in total. The molecule has 1 aromatic carbocycles. The lowest BCUT2D eigenvalue weighted by atomic mass is 10.00. The summed E-state index contributed by atoms with van der Waals surface area (Å²) in [4.78, 5) is 19.6. The summed E-state index contributed by atoms with van der Waals surface area (Å²) < 4.78 is 1.98. The van der Waals surface area contributed by atoms with E-state index in [1.165, 1.54) is 0 Å². The van der Waals surface area contributed by atoms with Crippen LogP contribution in [0.4, 0.5) is 0 Å². The molecule has 2 heterocycles. The van der Waals surface area contributed by atoms with Crippen LogP contribution in [0, 0.1) is 5.92 Å². The van der Waals surface area contributed by atoms with Gasteiger partial charge in [0.2, 0.25) is 5.91 Å². The quantitative estimate of drug-likeness (QED) is 0.819. The van der Waals surface area contributed by atoms with Gasteiger partial charge in [0.15, 0.2) is 11.6 Å². The Hall–Kier alpha value is -1.82. The first-order chi connectivity index (χ1) is 12.0. The zero-order valence-corrected chi connectivity index (χ0v) is 16.2. The maximum Gasteiger partial charge on any atom is 0.233 e. The normalized spacial score (nSPS) is 17.2. The molecule has 5 nitrogen and oxygen atoms in total. The third kappa shape index (κ3) is 3.89. The average Bonchev–Trinajstić information content (AvgIpc) is 3.03. The second-order valence-electron chi connectivity index (χ2n) is 7.02. The molecule has 0 unspecified atom stereocenters. The summed E-state index contributed by atoms with van der Waals surface area (Å²) in [6.07, 6.45) is 0. The minimum absolute atomic E-state index is 0.0148. The van der Waals surface area contributed by atoms with E-state index >= 15 is 0 Å². The minimum Gasteiger partial charge on any atom is -0.330 e. The lowest BCUT2D eigenvalue weighted by Gasteiger charge is -2.37. The molecule has 0 saturated heterocycles. The van der Waals surface area contributed by atoms with Crippen LogP contribution >= 0.6 is 11.8 Å². The average molecular weight is 359 g/mol.